The summed E-state index contributed by atoms with van der Waals surface area (Å²) in [5, 5.41) is 8.68. The number of carboxylic acids is 1. The third-order valence-electron chi connectivity index (χ3n) is 4.44. The number of halogens is 1. The number of rotatable bonds is 4. The Hall–Kier alpha value is -1.89. The zero-order chi connectivity index (χ0) is 17.7. The minimum absolute atomic E-state index is 0.0682. The molecule has 1 aliphatic carbocycles. The number of sulfone groups is 1. The van der Waals surface area contributed by atoms with E-state index in [1.54, 1.807) is 36.4 Å². The zero-order valence-corrected chi connectivity index (χ0v) is 14.4. The van der Waals surface area contributed by atoms with Crippen molar-refractivity contribution >= 4 is 27.4 Å². The molecule has 2 aromatic carbocycles. The second kappa shape index (κ2) is 5.58. The van der Waals surface area contributed by atoms with E-state index in [1.165, 1.54) is 12.1 Å². The minimum Gasteiger partial charge on any atom is -0.480 e. The van der Waals surface area contributed by atoms with Crippen molar-refractivity contribution < 1.29 is 18.3 Å². The monoisotopic (exact) mass is 365 g/mol. The minimum atomic E-state index is -3.89. The molecule has 3 atom stereocenters. The zero-order valence-electron chi connectivity index (χ0n) is 12.8. The van der Waals surface area contributed by atoms with Gasteiger partial charge in [-0.15, -0.1) is 0 Å². The van der Waals surface area contributed by atoms with Crippen LogP contribution in [0, 0.1) is 6.92 Å². The Balaban J connectivity index is 2.08. The van der Waals surface area contributed by atoms with Gasteiger partial charge in [-0.05, 0) is 36.8 Å². The van der Waals surface area contributed by atoms with Crippen molar-refractivity contribution in [1.29, 1.82) is 0 Å². The molecule has 5 nitrogen and oxygen atoms in total. The molecule has 0 bridgehead atoms. The highest BCUT2D eigenvalue weighted by atomic mass is 35.5. The van der Waals surface area contributed by atoms with Crippen molar-refractivity contribution in [1.82, 2.24) is 0 Å². The molecule has 2 aromatic rings. The fraction of sp³-hybridized carbons (Fsp3) is 0.235. The predicted octanol–water partition coefficient (Wildman–Crippen LogP) is 2.37. The Bertz CT molecular complexity index is 910. The van der Waals surface area contributed by atoms with E-state index in [4.69, 9.17) is 17.3 Å². The molecule has 3 rings (SSSR count). The van der Waals surface area contributed by atoms with E-state index in [2.05, 4.69) is 0 Å². The normalized spacial score (nSPS) is 26.1. The number of aryl methyl sites for hydroxylation is 1. The number of hydrogen-bond donors (Lipinski definition) is 2. The molecular weight excluding hydrogens is 350 g/mol. The van der Waals surface area contributed by atoms with Gasteiger partial charge in [0.1, 0.15) is 10.8 Å². The lowest BCUT2D eigenvalue weighted by atomic mass is 10.1. The van der Waals surface area contributed by atoms with Crippen molar-refractivity contribution in [3.63, 3.8) is 0 Å². The van der Waals surface area contributed by atoms with Gasteiger partial charge in [-0.3, -0.25) is 4.79 Å². The molecule has 0 heterocycles. The number of carbonyl (C=O) groups is 1. The Kier molecular flexibility index (Phi) is 3.94. The number of nitrogens with two attached hydrogens (primary N) is 1. The van der Waals surface area contributed by atoms with Crippen LogP contribution in [0.1, 0.15) is 17.0 Å². The Morgan fingerprint density at radius 2 is 1.83 bits per heavy atom. The van der Waals surface area contributed by atoms with Crippen LogP contribution in [0.25, 0.3) is 0 Å². The highest BCUT2D eigenvalue weighted by Gasteiger charge is 2.74. The summed E-state index contributed by atoms with van der Waals surface area (Å²) < 4.78 is 25.8. The third kappa shape index (κ3) is 2.51. The summed E-state index contributed by atoms with van der Waals surface area (Å²) in [6.45, 7) is 1.84. The first-order chi connectivity index (χ1) is 11.2. The van der Waals surface area contributed by atoms with Crippen LogP contribution in [0.5, 0.6) is 0 Å². The van der Waals surface area contributed by atoms with E-state index in [9.17, 15) is 18.3 Å². The van der Waals surface area contributed by atoms with Gasteiger partial charge < -0.3 is 10.8 Å². The Labute approximate surface area is 145 Å². The topological polar surface area (TPSA) is 97.5 Å². The summed E-state index contributed by atoms with van der Waals surface area (Å²) >= 11 is 5.95. The highest BCUT2D eigenvalue weighted by Crippen LogP contribution is 2.56. The van der Waals surface area contributed by atoms with Gasteiger partial charge in [0.2, 0.25) is 0 Å². The summed E-state index contributed by atoms with van der Waals surface area (Å²) in [7, 11) is -3.89. The van der Waals surface area contributed by atoms with Crippen molar-refractivity contribution in [2.24, 2.45) is 5.73 Å². The van der Waals surface area contributed by atoms with Gasteiger partial charge >= 0.3 is 5.97 Å². The second-order valence-corrected chi connectivity index (χ2v) is 8.56. The van der Waals surface area contributed by atoms with Gasteiger partial charge in [0, 0.05) is 10.9 Å². The predicted molar refractivity (Wildman–Crippen MR) is 90.9 cm³/mol. The van der Waals surface area contributed by atoms with Gasteiger partial charge in [0.05, 0.1) is 4.90 Å². The maximum Gasteiger partial charge on any atom is 0.325 e. The molecule has 1 saturated carbocycles. The van der Waals surface area contributed by atoms with Crippen LogP contribution in [-0.2, 0) is 14.6 Å². The number of carboxylic acid groups (broad SMARTS) is 1. The summed E-state index contributed by atoms with van der Waals surface area (Å²) in [6.07, 6.45) is 0. The smallest absolute Gasteiger partial charge is 0.325 e. The van der Waals surface area contributed by atoms with Gasteiger partial charge in [0.15, 0.2) is 9.84 Å². The summed E-state index contributed by atoms with van der Waals surface area (Å²) in [6, 6.07) is 12.8. The third-order valence-corrected chi connectivity index (χ3v) is 6.94. The fourth-order valence-electron chi connectivity index (χ4n) is 3.09. The lowest BCUT2D eigenvalue weighted by molar-refractivity contribution is -0.139. The molecule has 0 amide bonds. The van der Waals surface area contributed by atoms with E-state index >= 15 is 0 Å². The van der Waals surface area contributed by atoms with Crippen LogP contribution in [-0.4, -0.2) is 30.3 Å². The molecule has 1 fully saturated rings. The highest BCUT2D eigenvalue weighted by molar-refractivity contribution is 7.92. The molecule has 3 N–H and O–H groups in total. The molecule has 0 radical (unpaired) electrons. The van der Waals surface area contributed by atoms with E-state index in [-0.39, 0.29) is 4.90 Å². The molecule has 126 valence electrons. The van der Waals surface area contributed by atoms with Gasteiger partial charge in [-0.2, -0.15) is 0 Å². The maximum atomic E-state index is 12.9. The molecule has 24 heavy (non-hydrogen) atoms. The first kappa shape index (κ1) is 17.0. The van der Waals surface area contributed by atoms with Crippen LogP contribution in [0.2, 0.25) is 5.02 Å². The lowest BCUT2D eigenvalue weighted by Gasteiger charge is -2.07. The van der Waals surface area contributed by atoms with Crippen LogP contribution < -0.4 is 5.73 Å². The van der Waals surface area contributed by atoms with E-state index in [0.717, 1.165) is 5.56 Å². The molecule has 0 aliphatic heterocycles. The molecule has 0 spiro atoms. The van der Waals surface area contributed by atoms with Crippen LogP contribution in [0.15, 0.2) is 53.4 Å². The number of aliphatic carboxylic acids is 1. The number of benzene rings is 2. The van der Waals surface area contributed by atoms with Crippen molar-refractivity contribution in [3.8, 4) is 0 Å². The fourth-order valence-corrected chi connectivity index (χ4v) is 5.52. The SMILES string of the molecule is Cc1ccc(S(=O)(=O)[C@H]2[C@@H](c3cccc(Cl)c3)[C@@]2(N)C(=O)O)cc1. The molecular formula is C17H16ClNO4S. The lowest BCUT2D eigenvalue weighted by Crippen LogP contribution is -2.39. The standard InChI is InChI=1S/C17H16ClNO4S/c1-10-5-7-13(8-6-10)24(22,23)15-14(17(15,19)16(20)21)11-3-2-4-12(18)9-11/h2-9,14-15H,19H2,1H3,(H,20,21)/t14-,15+,17+/m1/s1. The van der Waals surface area contributed by atoms with Crippen LogP contribution in [0.3, 0.4) is 0 Å². The molecule has 7 heteroatoms. The van der Waals surface area contributed by atoms with Crippen molar-refractivity contribution in [2.45, 2.75) is 28.5 Å². The molecule has 0 aromatic heterocycles. The maximum absolute atomic E-state index is 12.9. The van der Waals surface area contributed by atoms with Crippen LogP contribution in [0.4, 0.5) is 0 Å². The first-order valence-corrected chi connectivity index (χ1v) is 9.19. The van der Waals surface area contributed by atoms with E-state index < -0.39 is 32.5 Å². The molecule has 1 aliphatic rings. The van der Waals surface area contributed by atoms with Gasteiger partial charge in [0.25, 0.3) is 0 Å². The van der Waals surface area contributed by atoms with Gasteiger partial charge in [-0.1, -0.05) is 41.4 Å². The summed E-state index contributed by atoms with van der Waals surface area (Å²) in [4.78, 5) is 11.7. The molecule has 0 unspecified atom stereocenters. The second-order valence-electron chi connectivity index (χ2n) is 6.05. The summed E-state index contributed by atoms with van der Waals surface area (Å²) in [5.74, 6) is -2.19. The average molecular weight is 366 g/mol. The van der Waals surface area contributed by atoms with Gasteiger partial charge in [-0.25, -0.2) is 8.42 Å². The first-order valence-electron chi connectivity index (χ1n) is 7.27. The quantitative estimate of drug-likeness (QED) is 0.866. The van der Waals surface area contributed by atoms with Crippen molar-refractivity contribution in [2.75, 3.05) is 0 Å². The average Bonchev–Trinajstić information content (AvgIpc) is 3.17. The Morgan fingerprint density at radius 1 is 1.21 bits per heavy atom. The largest absolute Gasteiger partial charge is 0.480 e. The summed E-state index contributed by atoms with van der Waals surface area (Å²) in [5.41, 5.74) is 5.54. The Morgan fingerprint density at radius 3 is 2.38 bits per heavy atom. The van der Waals surface area contributed by atoms with Crippen LogP contribution >= 0.6 is 11.6 Å². The van der Waals surface area contributed by atoms with Crippen molar-refractivity contribution in [3.05, 3.63) is 64.7 Å². The molecule has 0 saturated heterocycles. The van der Waals surface area contributed by atoms with E-state index in [1.807, 2.05) is 6.92 Å². The van der Waals surface area contributed by atoms with E-state index in [0.29, 0.717) is 10.6 Å². The number of hydrogen-bond acceptors (Lipinski definition) is 4.